The van der Waals surface area contributed by atoms with Crippen LogP contribution in [0.25, 0.3) is 0 Å². The monoisotopic (exact) mass is 319 g/mol. The van der Waals surface area contributed by atoms with E-state index in [0.29, 0.717) is 18.2 Å². The predicted molar refractivity (Wildman–Crippen MR) is 90.2 cm³/mol. The summed E-state index contributed by atoms with van der Waals surface area (Å²) in [5, 5.41) is 10.2. The van der Waals surface area contributed by atoms with Crippen LogP contribution in [0.15, 0.2) is 17.5 Å². The van der Waals surface area contributed by atoms with Gasteiger partial charge in [-0.05, 0) is 42.2 Å². The molecule has 2 atom stereocenters. The first-order chi connectivity index (χ1) is 10.5. The molecule has 4 nitrogen and oxygen atoms in total. The minimum absolute atomic E-state index is 0.0468. The third-order valence-corrected chi connectivity index (χ3v) is 6.22. The highest BCUT2D eigenvalue weighted by molar-refractivity contribution is 7.09. The number of thiophene rings is 1. The number of amidine groups is 1. The van der Waals surface area contributed by atoms with E-state index < -0.39 is 0 Å². The van der Waals surface area contributed by atoms with Crippen molar-refractivity contribution in [3.63, 3.8) is 0 Å². The Hall–Kier alpha value is -1.20. The smallest absolute Gasteiger partial charge is 0.228 e. The Bertz CT molecular complexity index is 536. The molecule has 22 heavy (non-hydrogen) atoms. The number of rotatable bonds is 3. The van der Waals surface area contributed by atoms with E-state index in [1.54, 1.807) is 7.05 Å². The molecule has 0 spiro atoms. The van der Waals surface area contributed by atoms with Crippen molar-refractivity contribution in [2.24, 2.45) is 11.3 Å². The molecule has 2 saturated heterocycles. The summed E-state index contributed by atoms with van der Waals surface area (Å²) in [6.07, 6.45) is 3.70. The summed E-state index contributed by atoms with van der Waals surface area (Å²) in [4.78, 5) is 17.6. The van der Waals surface area contributed by atoms with Crippen LogP contribution in [0.2, 0.25) is 0 Å². The fourth-order valence-electron chi connectivity index (χ4n) is 3.86. The zero-order valence-corrected chi connectivity index (χ0v) is 14.3. The third-order valence-electron chi connectivity index (χ3n) is 5.36. The van der Waals surface area contributed by atoms with Gasteiger partial charge in [-0.15, -0.1) is 11.3 Å². The van der Waals surface area contributed by atoms with Crippen molar-refractivity contribution in [1.29, 1.82) is 5.41 Å². The molecule has 1 amide bonds. The standard InChI is InChI=1S/C17H25N3OS/c1-17(9-15(18)19(2)16(21)10-17)13-5-3-7-20(11-13)12-14-6-4-8-22-14/h4,6,8,13,18H,3,5,7,9-12H2,1-2H3/t13?,17-/m0/s1. The van der Waals surface area contributed by atoms with Crippen LogP contribution < -0.4 is 0 Å². The van der Waals surface area contributed by atoms with E-state index in [9.17, 15) is 4.79 Å². The second kappa shape index (κ2) is 6.13. The summed E-state index contributed by atoms with van der Waals surface area (Å²) in [6.45, 7) is 5.44. The lowest BCUT2D eigenvalue weighted by molar-refractivity contribution is -0.132. The number of carbonyl (C=O) groups is 1. The lowest BCUT2D eigenvalue weighted by Crippen LogP contribution is -2.50. The van der Waals surface area contributed by atoms with Gasteiger partial charge in [-0.1, -0.05) is 13.0 Å². The van der Waals surface area contributed by atoms with E-state index in [4.69, 9.17) is 5.41 Å². The van der Waals surface area contributed by atoms with Crippen molar-refractivity contribution in [2.75, 3.05) is 20.1 Å². The molecule has 2 aliphatic rings. The van der Waals surface area contributed by atoms with E-state index in [2.05, 4.69) is 29.3 Å². The van der Waals surface area contributed by atoms with Gasteiger partial charge in [0.2, 0.25) is 5.91 Å². The molecule has 1 N–H and O–H groups in total. The minimum atomic E-state index is -0.0468. The number of nitrogens with zero attached hydrogens (tertiary/aromatic N) is 2. The van der Waals surface area contributed by atoms with Gasteiger partial charge in [0.15, 0.2) is 0 Å². The van der Waals surface area contributed by atoms with Crippen LogP contribution in [-0.4, -0.2) is 41.7 Å². The van der Waals surface area contributed by atoms with Gasteiger partial charge in [0.25, 0.3) is 0 Å². The van der Waals surface area contributed by atoms with Crippen LogP contribution >= 0.6 is 11.3 Å². The van der Waals surface area contributed by atoms with E-state index in [1.807, 2.05) is 11.3 Å². The average molecular weight is 319 g/mol. The molecule has 0 aliphatic carbocycles. The van der Waals surface area contributed by atoms with Crippen molar-refractivity contribution < 1.29 is 4.79 Å². The topological polar surface area (TPSA) is 47.4 Å². The molecule has 3 rings (SSSR count). The third kappa shape index (κ3) is 3.10. The Labute approximate surface area is 136 Å². The SMILES string of the molecule is CN1C(=N)C[C@](C)(C2CCCN(Cc3cccs3)C2)CC1=O. The fourth-order valence-corrected chi connectivity index (χ4v) is 4.60. The quantitative estimate of drug-likeness (QED) is 0.930. The summed E-state index contributed by atoms with van der Waals surface area (Å²) >= 11 is 1.82. The maximum Gasteiger partial charge on any atom is 0.228 e. The van der Waals surface area contributed by atoms with Crippen LogP contribution in [0.5, 0.6) is 0 Å². The number of likely N-dealkylation sites (tertiary alicyclic amines) is 2. The Morgan fingerprint density at radius 1 is 1.45 bits per heavy atom. The maximum atomic E-state index is 12.2. The van der Waals surface area contributed by atoms with Gasteiger partial charge in [0, 0.05) is 37.9 Å². The maximum absolute atomic E-state index is 12.2. The first-order valence-electron chi connectivity index (χ1n) is 8.07. The van der Waals surface area contributed by atoms with Crippen molar-refractivity contribution in [1.82, 2.24) is 9.80 Å². The van der Waals surface area contributed by atoms with Crippen molar-refractivity contribution in [3.05, 3.63) is 22.4 Å². The molecule has 0 aromatic carbocycles. The second-order valence-electron chi connectivity index (χ2n) is 7.06. The Kier molecular flexibility index (Phi) is 4.37. The van der Waals surface area contributed by atoms with Crippen LogP contribution in [0, 0.1) is 16.7 Å². The number of carbonyl (C=O) groups excluding carboxylic acids is 1. The van der Waals surface area contributed by atoms with E-state index in [0.717, 1.165) is 26.1 Å². The summed E-state index contributed by atoms with van der Waals surface area (Å²) < 4.78 is 0. The Morgan fingerprint density at radius 2 is 2.27 bits per heavy atom. The summed E-state index contributed by atoms with van der Waals surface area (Å²) in [7, 11) is 1.73. The molecule has 3 heterocycles. The van der Waals surface area contributed by atoms with Crippen molar-refractivity contribution >= 4 is 23.1 Å². The molecule has 120 valence electrons. The van der Waals surface area contributed by atoms with Crippen LogP contribution in [-0.2, 0) is 11.3 Å². The largest absolute Gasteiger partial charge is 0.304 e. The zero-order chi connectivity index (χ0) is 15.7. The number of nitrogens with one attached hydrogen (secondary N) is 1. The molecular formula is C17H25N3OS. The number of piperidine rings is 2. The molecule has 1 aromatic heterocycles. The Balaban J connectivity index is 1.68. The van der Waals surface area contributed by atoms with Gasteiger partial charge in [-0.3, -0.25) is 15.1 Å². The lowest BCUT2D eigenvalue weighted by Gasteiger charge is -2.46. The summed E-state index contributed by atoms with van der Waals surface area (Å²) in [5.74, 6) is 1.10. The van der Waals surface area contributed by atoms with Crippen molar-refractivity contribution in [2.45, 2.75) is 39.2 Å². The molecule has 1 aromatic rings. The van der Waals surface area contributed by atoms with Gasteiger partial charge in [-0.25, -0.2) is 0 Å². The highest BCUT2D eigenvalue weighted by Crippen LogP contribution is 2.43. The predicted octanol–water partition coefficient (Wildman–Crippen LogP) is 3.20. The highest BCUT2D eigenvalue weighted by atomic mass is 32.1. The molecule has 0 saturated carbocycles. The van der Waals surface area contributed by atoms with Crippen LogP contribution in [0.3, 0.4) is 0 Å². The first kappa shape index (κ1) is 15.7. The molecule has 5 heteroatoms. The molecule has 0 bridgehead atoms. The summed E-state index contributed by atoms with van der Waals surface area (Å²) in [5.41, 5.74) is -0.0468. The van der Waals surface area contributed by atoms with Gasteiger partial charge < -0.3 is 4.90 Å². The molecule has 0 radical (unpaired) electrons. The zero-order valence-electron chi connectivity index (χ0n) is 13.5. The van der Waals surface area contributed by atoms with Crippen LogP contribution in [0.1, 0.15) is 37.5 Å². The van der Waals surface area contributed by atoms with Gasteiger partial charge in [-0.2, -0.15) is 0 Å². The Morgan fingerprint density at radius 3 is 2.95 bits per heavy atom. The van der Waals surface area contributed by atoms with Crippen molar-refractivity contribution in [3.8, 4) is 0 Å². The summed E-state index contributed by atoms with van der Waals surface area (Å²) in [6, 6.07) is 4.31. The minimum Gasteiger partial charge on any atom is -0.304 e. The number of hydrogen-bond acceptors (Lipinski definition) is 4. The first-order valence-corrected chi connectivity index (χ1v) is 8.94. The normalized spacial score (nSPS) is 30.8. The van der Waals surface area contributed by atoms with Crippen LogP contribution in [0.4, 0.5) is 0 Å². The molecular weight excluding hydrogens is 294 g/mol. The van der Waals surface area contributed by atoms with Gasteiger partial charge in [0.05, 0.1) is 0 Å². The molecule has 1 unspecified atom stereocenters. The van der Waals surface area contributed by atoms with E-state index >= 15 is 0 Å². The number of amides is 1. The highest BCUT2D eigenvalue weighted by Gasteiger charge is 2.43. The van der Waals surface area contributed by atoms with E-state index in [-0.39, 0.29) is 11.3 Å². The fraction of sp³-hybridized carbons (Fsp3) is 0.647. The lowest BCUT2D eigenvalue weighted by atomic mass is 9.67. The molecule has 2 fully saturated rings. The van der Waals surface area contributed by atoms with Gasteiger partial charge in [0.1, 0.15) is 5.84 Å². The molecule has 2 aliphatic heterocycles. The van der Waals surface area contributed by atoms with Gasteiger partial charge >= 0.3 is 0 Å². The van der Waals surface area contributed by atoms with E-state index in [1.165, 1.54) is 22.6 Å². The number of hydrogen-bond donors (Lipinski definition) is 1. The average Bonchev–Trinajstić information content (AvgIpc) is 2.98. The second-order valence-corrected chi connectivity index (χ2v) is 8.09.